The van der Waals surface area contributed by atoms with E-state index in [2.05, 4.69) is 19.1 Å². The Morgan fingerprint density at radius 2 is 1.37 bits per heavy atom. The molecule has 1 aromatic heterocycles. The number of rotatable bonds is 33. The summed E-state index contributed by atoms with van der Waals surface area (Å²) in [4.78, 5) is 97.8. The summed E-state index contributed by atoms with van der Waals surface area (Å²) in [6, 6.07) is -2.61. The van der Waals surface area contributed by atoms with Crippen LogP contribution in [0.1, 0.15) is 130 Å². The number of hydrogen-bond donors (Lipinski definition) is 7. The Bertz CT molecular complexity index is 2360. The van der Waals surface area contributed by atoms with Crippen LogP contribution < -0.4 is 17.0 Å². The lowest BCUT2D eigenvalue weighted by Crippen LogP contribution is -2.59. The van der Waals surface area contributed by atoms with Crippen molar-refractivity contribution in [3.05, 3.63) is 45.3 Å². The number of ether oxygens (including phenoxy) is 10. The molecule has 0 aromatic carbocycles. The number of nitrogens with zero attached hydrogens (tertiary/aromatic N) is 3. The van der Waals surface area contributed by atoms with Crippen molar-refractivity contribution in [2.24, 2.45) is 11.7 Å². The van der Waals surface area contributed by atoms with Crippen LogP contribution in [0.3, 0.4) is 0 Å². The number of aliphatic carboxylic acids is 1. The van der Waals surface area contributed by atoms with Gasteiger partial charge in [0.25, 0.3) is 5.56 Å². The maximum Gasteiger partial charge on any atom is 0.330 e. The Balaban J connectivity index is 1.31. The van der Waals surface area contributed by atoms with Crippen molar-refractivity contribution in [1.29, 1.82) is 0 Å². The highest BCUT2D eigenvalue weighted by Crippen LogP contribution is 2.37. The van der Waals surface area contributed by atoms with Gasteiger partial charge in [-0.15, -0.1) is 0 Å². The molecule has 4 aliphatic heterocycles. The van der Waals surface area contributed by atoms with Gasteiger partial charge in [-0.25, -0.2) is 9.59 Å². The maximum atomic E-state index is 14.7. The number of likely N-dealkylation sites (N-methyl/N-ethyl adjacent to an activating group) is 2. The number of nitrogens with two attached hydrogens (primary N) is 1. The van der Waals surface area contributed by atoms with Crippen LogP contribution >= 0.6 is 0 Å². The zero-order valence-electron chi connectivity index (χ0n) is 49.1. The van der Waals surface area contributed by atoms with Crippen molar-refractivity contribution < 1.29 is 96.9 Å². The van der Waals surface area contributed by atoms with E-state index in [1.807, 2.05) is 4.98 Å². The Hall–Kier alpha value is -4.75. The standard InChI is InChI=1S/C56H91N5O22/c1-9-10-11-12-13-14-15-16-17-18-19-20-21-22-23-33(78-37(63)26-31(2)27-38(64)81-55-50(76-8)49(75-7)46(74-6)32(3)77-55)28-39(65)79-35-30-59(4)41(51(70)60(5)40(35)53(71)72)47(83-54-45(69)42(66)34(29-57)80-54)48-43(67)44(68)52(82-48)61-25-24-36(62)58-56(61)73/h16-17,24-25,31-35,40-50,52,54-55,66-69H,9-15,18-23,26-30,57H2,1-8H3,(H,71,72)(H,58,62,73)/b17-16-/t31-,32-,33-,34+,35-,40-,41-,42+,43-,44+,45+,46-,47?,48-,49+,50+,52+,54-,55-/m0/s1. The second-order valence-electron chi connectivity index (χ2n) is 22.1. The number of nitrogens with one attached hydrogen (secondary N) is 1. The predicted octanol–water partition coefficient (Wildman–Crippen LogP) is 0.782. The molecule has 1 unspecified atom stereocenters. The highest BCUT2D eigenvalue weighted by atomic mass is 16.7. The first kappa shape index (κ1) is 69.0. The number of carboxylic acids is 1. The van der Waals surface area contributed by atoms with Gasteiger partial charge < -0.3 is 83.5 Å². The molecule has 4 fully saturated rings. The molecular formula is C56H91N5O22. The molecule has 1 aromatic rings. The summed E-state index contributed by atoms with van der Waals surface area (Å²) in [5.41, 5.74) is 3.95. The number of H-pyrrole nitrogens is 1. The number of carboxylic acid groups (broad SMARTS) is 1. The van der Waals surface area contributed by atoms with E-state index in [0.717, 1.165) is 67.3 Å². The van der Waals surface area contributed by atoms with Crippen molar-refractivity contribution in [3.63, 3.8) is 0 Å². The van der Waals surface area contributed by atoms with Gasteiger partial charge in [-0.3, -0.25) is 38.4 Å². The number of aromatic amines is 1. The summed E-state index contributed by atoms with van der Waals surface area (Å²) in [7, 11) is 6.88. The number of methoxy groups -OCH3 is 3. The number of amides is 1. The van der Waals surface area contributed by atoms with Gasteiger partial charge in [0.15, 0.2) is 18.6 Å². The Morgan fingerprint density at radius 1 is 0.759 bits per heavy atom. The van der Waals surface area contributed by atoms with Gasteiger partial charge in [0, 0.05) is 66.6 Å². The van der Waals surface area contributed by atoms with Gasteiger partial charge in [0.2, 0.25) is 12.2 Å². The van der Waals surface area contributed by atoms with Crippen molar-refractivity contribution in [2.45, 2.75) is 234 Å². The molecule has 27 heteroatoms. The minimum atomic E-state index is -1.97. The number of carbonyl (C=O) groups is 5. The first-order valence-corrected chi connectivity index (χ1v) is 29.0. The van der Waals surface area contributed by atoms with E-state index >= 15 is 0 Å². The van der Waals surface area contributed by atoms with Crippen LogP contribution in [0.15, 0.2) is 34.0 Å². The van der Waals surface area contributed by atoms with Crippen molar-refractivity contribution in [3.8, 4) is 0 Å². The molecule has 0 radical (unpaired) electrons. The van der Waals surface area contributed by atoms with E-state index in [0.29, 0.717) is 6.42 Å². The number of carbonyl (C=O) groups excluding carboxylic acids is 4. The zero-order valence-corrected chi connectivity index (χ0v) is 49.1. The van der Waals surface area contributed by atoms with Gasteiger partial charge in [0.05, 0.1) is 12.5 Å². The smallest absolute Gasteiger partial charge is 0.330 e. The fraction of sp³-hybridized carbons (Fsp3) is 0.804. The minimum absolute atomic E-state index is 0.215. The first-order valence-electron chi connectivity index (χ1n) is 29.0. The zero-order chi connectivity index (χ0) is 61.1. The largest absolute Gasteiger partial charge is 0.480 e. The highest BCUT2D eigenvalue weighted by Gasteiger charge is 2.57. The molecule has 4 aliphatic rings. The maximum absolute atomic E-state index is 14.7. The van der Waals surface area contributed by atoms with Gasteiger partial charge in [-0.05, 0) is 58.4 Å². The molecule has 0 bridgehead atoms. The van der Waals surface area contributed by atoms with Gasteiger partial charge in [0.1, 0.15) is 79.3 Å². The van der Waals surface area contributed by atoms with E-state index in [4.69, 9.17) is 53.1 Å². The van der Waals surface area contributed by atoms with Gasteiger partial charge in [-0.2, -0.15) is 0 Å². The summed E-state index contributed by atoms with van der Waals surface area (Å²) in [6.07, 6.45) is -4.86. The average molecular weight is 1190 g/mol. The third-order valence-corrected chi connectivity index (χ3v) is 15.8. The fourth-order valence-corrected chi connectivity index (χ4v) is 11.3. The van der Waals surface area contributed by atoms with Gasteiger partial charge >= 0.3 is 29.6 Å². The number of aliphatic hydroxyl groups is 4. The monoisotopic (exact) mass is 1190 g/mol. The number of hydrogen-bond acceptors (Lipinski definition) is 23. The van der Waals surface area contributed by atoms with E-state index in [1.165, 1.54) is 65.4 Å². The second kappa shape index (κ2) is 33.8. The second-order valence-corrected chi connectivity index (χ2v) is 22.1. The summed E-state index contributed by atoms with van der Waals surface area (Å²) >= 11 is 0. The van der Waals surface area contributed by atoms with Gasteiger partial charge in [-0.1, -0.05) is 70.9 Å². The first-order chi connectivity index (χ1) is 39.6. The summed E-state index contributed by atoms with van der Waals surface area (Å²) in [6.45, 7) is 4.79. The van der Waals surface area contributed by atoms with E-state index in [1.54, 1.807) is 13.8 Å². The predicted molar refractivity (Wildman–Crippen MR) is 293 cm³/mol. The van der Waals surface area contributed by atoms with Crippen LogP contribution in [0.2, 0.25) is 0 Å². The lowest BCUT2D eigenvalue weighted by atomic mass is 9.97. The van der Waals surface area contributed by atoms with Crippen molar-refractivity contribution >= 4 is 29.8 Å². The molecule has 1 amide bonds. The number of aromatic nitrogens is 2. The van der Waals surface area contributed by atoms with Crippen molar-refractivity contribution in [2.75, 3.05) is 48.5 Å². The quantitative estimate of drug-likeness (QED) is 0.0221. The lowest BCUT2D eigenvalue weighted by Gasteiger charge is -2.43. The molecule has 472 valence electrons. The Labute approximate surface area is 483 Å². The molecule has 83 heavy (non-hydrogen) atoms. The molecule has 4 saturated heterocycles. The Morgan fingerprint density at radius 3 is 1.98 bits per heavy atom. The highest BCUT2D eigenvalue weighted by molar-refractivity contribution is 5.88. The summed E-state index contributed by atoms with van der Waals surface area (Å²) in [5.74, 6) is -5.60. The van der Waals surface area contributed by atoms with E-state index in [-0.39, 0.29) is 25.8 Å². The molecule has 0 aliphatic carbocycles. The Kier molecular flexibility index (Phi) is 28.1. The third kappa shape index (κ3) is 18.9. The van der Waals surface area contributed by atoms with Crippen LogP contribution in [0.5, 0.6) is 0 Å². The van der Waals surface area contributed by atoms with Crippen LogP contribution in [-0.4, -0.2) is 227 Å². The van der Waals surface area contributed by atoms with Crippen LogP contribution in [0.4, 0.5) is 0 Å². The number of allylic oxidation sites excluding steroid dienone is 2. The lowest BCUT2D eigenvalue weighted by molar-refractivity contribution is -0.297. The molecular weight excluding hydrogens is 1090 g/mol. The molecule has 19 atom stereocenters. The average Bonchev–Trinajstić information content (AvgIpc) is 3.20. The van der Waals surface area contributed by atoms with E-state index in [9.17, 15) is 59.1 Å². The minimum Gasteiger partial charge on any atom is -0.480 e. The van der Waals surface area contributed by atoms with Crippen LogP contribution in [0.25, 0.3) is 0 Å². The normalized spacial score (nSPS) is 31.6. The third-order valence-electron chi connectivity index (χ3n) is 15.8. The van der Waals surface area contributed by atoms with Crippen LogP contribution in [0, 0.1) is 5.92 Å². The molecule has 5 heterocycles. The molecule has 8 N–H and O–H groups in total. The molecule has 0 spiro atoms. The summed E-state index contributed by atoms with van der Waals surface area (Å²) < 4.78 is 58.8. The molecule has 27 nitrogen and oxygen atoms in total. The number of esters is 3. The van der Waals surface area contributed by atoms with Crippen LogP contribution in [-0.2, 0) is 71.3 Å². The SMILES string of the molecule is CCCCCCCC/C=C\CCCCCC[C@@H](CC(=O)O[C@H]1CN(C)[C@@H](C(O[C@@H]2O[C@H](CN)[C@@H](O)[C@H]2O)[C@H]2O[C@@H](n3ccc(=O)[nH]c3=O)[C@H](O)[C@@H]2O)C(=O)N(C)[C@@H]1C(=O)O)OC(=O)C[C@H](C)CC(=O)O[C@@H]1O[C@@H](C)[C@H](OC)[C@@H](OC)[C@H]1OC. The summed E-state index contributed by atoms with van der Waals surface area (Å²) in [5, 5.41) is 55.3. The van der Waals surface area contributed by atoms with Crippen molar-refractivity contribution in [1.82, 2.24) is 19.4 Å². The molecule has 5 rings (SSSR count). The number of unbranched alkanes of at least 4 members (excludes halogenated alkanes) is 10. The topological polar surface area (TPSA) is 366 Å². The fourth-order valence-electron chi connectivity index (χ4n) is 11.3. The van der Waals surface area contributed by atoms with E-state index < -0.39 is 170 Å². The molecule has 0 saturated carbocycles. The number of aliphatic hydroxyl groups excluding tert-OH is 4.